The number of carbonyl (C=O) groups excluding carboxylic acids is 2. The number of benzene rings is 2. The molecule has 3 rings (SSSR count). The van der Waals surface area contributed by atoms with Crippen LogP contribution >= 0.6 is 0 Å². The van der Waals surface area contributed by atoms with E-state index >= 15 is 0 Å². The predicted octanol–water partition coefficient (Wildman–Crippen LogP) is 4.18. The Morgan fingerprint density at radius 3 is 2.21 bits per heavy atom. The molecule has 0 radical (unpaired) electrons. The largest absolute Gasteiger partial charge is 0.480 e. The number of carbonyl (C=O) groups is 3. The van der Waals surface area contributed by atoms with Gasteiger partial charge in [0.25, 0.3) is 0 Å². The van der Waals surface area contributed by atoms with E-state index in [9.17, 15) is 19.5 Å². The molecule has 0 aromatic heterocycles. The Morgan fingerprint density at radius 1 is 1.12 bits per heavy atom. The lowest BCUT2D eigenvalue weighted by Gasteiger charge is -2.29. The van der Waals surface area contributed by atoms with Gasteiger partial charge in [-0.25, -0.2) is 9.59 Å². The van der Waals surface area contributed by atoms with Gasteiger partial charge in [-0.2, -0.15) is 0 Å². The van der Waals surface area contributed by atoms with Crippen LogP contribution in [-0.2, 0) is 14.3 Å². The zero-order valence-electron chi connectivity index (χ0n) is 19.0. The Morgan fingerprint density at radius 2 is 1.70 bits per heavy atom. The highest BCUT2D eigenvalue weighted by Gasteiger charge is 2.32. The molecule has 7 nitrogen and oxygen atoms in total. The van der Waals surface area contributed by atoms with Gasteiger partial charge < -0.3 is 20.1 Å². The van der Waals surface area contributed by atoms with Crippen molar-refractivity contribution in [2.24, 2.45) is 0 Å². The molecular weight excluding hydrogens is 420 g/mol. The van der Waals surface area contributed by atoms with Crippen LogP contribution in [0.15, 0.2) is 61.2 Å². The average Bonchev–Trinajstić information content (AvgIpc) is 3.14. The number of alkyl carbamates (subject to hydrolysis) is 1. The van der Waals surface area contributed by atoms with E-state index in [4.69, 9.17) is 4.74 Å². The molecule has 2 atom stereocenters. The van der Waals surface area contributed by atoms with Gasteiger partial charge in [-0.1, -0.05) is 54.6 Å². The third kappa shape index (κ3) is 5.25. The number of allylic oxidation sites excluding steroid dienone is 1. The maximum absolute atomic E-state index is 13.0. The summed E-state index contributed by atoms with van der Waals surface area (Å²) in [6.07, 6.45) is 1.73. The Labute approximate surface area is 194 Å². The molecule has 0 bridgehead atoms. The molecule has 0 spiro atoms. The fourth-order valence-corrected chi connectivity index (χ4v) is 4.28. The van der Waals surface area contributed by atoms with Crippen molar-refractivity contribution in [1.29, 1.82) is 0 Å². The lowest BCUT2D eigenvalue weighted by molar-refractivity contribution is -0.150. The first kappa shape index (κ1) is 24.0. The number of nitrogens with one attached hydrogen (secondary N) is 1. The second-order valence-electron chi connectivity index (χ2n) is 8.03. The summed E-state index contributed by atoms with van der Waals surface area (Å²) < 4.78 is 5.56. The van der Waals surface area contributed by atoms with Crippen molar-refractivity contribution < 1.29 is 24.2 Å². The molecule has 0 saturated carbocycles. The van der Waals surface area contributed by atoms with E-state index in [1.807, 2.05) is 36.4 Å². The lowest BCUT2D eigenvalue weighted by Crippen LogP contribution is -2.53. The van der Waals surface area contributed by atoms with Crippen molar-refractivity contribution in [3.05, 3.63) is 72.3 Å². The zero-order valence-corrected chi connectivity index (χ0v) is 19.0. The van der Waals surface area contributed by atoms with E-state index in [1.54, 1.807) is 13.0 Å². The molecule has 7 heteroatoms. The lowest BCUT2D eigenvalue weighted by atomic mass is 9.98. The van der Waals surface area contributed by atoms with Gasteiger partial charge >= 0.3 is 12.1 Å². The molecule has 1 aliphatic rings. The van der Waals surface area contributed by atoms with Gasteiger partial charge in [0.2, 0.25) is 5.91 Å². The monoisotopic (exact) mass is 450 g/mol. The van der Waals surface area contributed by atoms with Gasteiger partial charge in [0.05, 0.1) is 0 Å². The van der Waals surface area contributed by atoms with Crippen molar-refractivity contribution in [3.8, 4) is 11.1 Å². The molecule has 2 N–H and O–H groups in total. The summed E-state index contributed by atoms with van der Waals surface area (Å²) in [5.41, 5.74) is 4.45. The molecule has 0 saturated heterocycles. The van der Waals surface area contributed by atoms with Gasteiger partial charge in [-0.3, -0.25) is 4.79 Å². The second kappa shape index (κ2) is 10.8. The smallest absolute Gasteiger partial charge is 0.407 e. The van der Waals surface area contributed by atoms with Gasteiger partial charge in [-0.05, 0) is 48.9 Å². The maximum atomic E-state index is 13.0. The van der Waals surface area contributed by atoms with Crippen molar-refractivity contribution >= 4 is 18.0 Å². The van der Waals surface area contributed by atoms with Crippen LogP contribution in [0.4, 0.5) is 4.79 Å². The first-order valence-electron chi connectivity index (χ1n) is 11.1. The van der Waals surface area contributed by atoms with Crippen LogP contribution in [0.1, 0.15) is 43.7 Å². The predicted molar refractivity (Wildman–Crippen MR) is 126 cm³/mol. The van der Waals surface area contributed by atoms with Gasteiger partial charge in [-0.15, -0.1) is 6.58 Å². The fourth-order valence-electron chi connectivity index (χ4n) is 4.28. The Kier molecular flexibility index (Phi) is 7.87. The minimum absolute atomic E-state index is 0.0929. The van der Waals surface area contributed by atoms with E-state index in [-0.39, 0.29) is 19.1 Å². The number of hydrogen-bond donors (Lipinski definition) is 2. The number of likely N-dealkylation sites (N-methyl/N-ethyl adjacent to an activating group) is 1. The molecule has 0 fully saturated rings. The first-order chi connectivity index (χ1) is 15.9. The fraction of sp³-hybridized carbons (Fsp3) is 0.346. The molecule has 0 aliphatic heterocycles. The third-order valence-corrected chi connectivity index (χ3v) is 6.04. The van der Waals surface area contributed by atoms with E-state index in [1.165, 1.54) is 11.8 Å². The molecule has 33 heavy (non-hydrogen) atoms. The maximum Gasteiger partial charge on any atom is 0.407 e. The number of fused-ring (bicyclic) bond motifs is 3. The quantitative estimate of drug-likeness (QED) is 0.530. The summed E-state index contributed by atoms with van der Waals surface area (Å²) in [6, 6.07) is 14.2. The third-order valence-electron chi connectivity index (χ3n) is 6.04. The molecule has 1 aliphatic carbocycles. The van der Waals surface area contributed by atoms with E-state index in [0.717, 1.165) is 22.3 Å². The number of carboxylic acid groups (broad SMARTS) is 1. The minimum Gasteiger partial charge on any atom is -0.480 e. The van der Waals surface area contributed by atoms with Crippen LogP contribution in [0, 0.1) is 0 Å². The molecule has 2 amide bonds. The van der Waals surface area contributed by atoms with Crippen LogP contribution in [-0.4, -0.2) is 53.2 Å². The summed E-state index contributed by atoms with van der Waals surface area (Å²) in [5, 5.41) is 12.0. The van der Waals surface area contributed by atoms with E-state index in [0.29, 0.717) is 12.8 Å². The number of aliphatic carboxylic acids is 1. The molecule has 2 aromatic carbocycles. The average molecular weight is 451 g/mol. The molecular formula is C26H30N2O5. The summed E-state index contributed by atoms with van der Waals surface area (Å²) in [6.45, 7) is 7.16. The van der Waals surface area contributed by atoms with Crippen molar-refractivity contribution in [2.75, 3.05) is 13.2 Å². The summed E-state index contributed by atoms with van der Waals surface area (Å²) in [5.74, 6) is -1.65. The van der Waals surface area contributed by atoms with Crippen LogP contribution in [0.3, 0.4) is 0 Å². The summed E-state index contributed by atoms with van der Waals surface area (Å²) in [7, 11) is 0. The van der Waals surface area contributed by atoms with Crippen LogP contribution in [0.25, 0.3) is 11.1 Å². The number of hydrogen-bond acceptors (Lipinski definition) is 4. The van der Waals surface area contributed by atoms with Gasteiger partial charge in [0.1, 0.15) is 18.7 Å². The van der Waals surface area contributed by atoms with Gasteiger partial charge in [0.15, 0.2) is 0 Å². The number of nitrogens with zero attached hydrogens (tertiary/aromatic N) is 1. The van der Waals surface area contributed by atoms with Crippen molar-refractivity contribution in [1.82, 2.24) is 10.2 Å². The SMILES string of the molecule is C=CCCC(NC(=O)OCC1c2ccccc2-c2ccccc21)C(=O)N(CC)C(C)C(=O)O. The number of carboxylic acids is 1. The van der Waals surface area contributed by atoms with Crippen LogP contribution < -0.4 is 5.32 Å². The highest BCUT2D eigenvalue weighted by molar-refractivity contribution is 5.89. The second-order valence-corrected chi connectivity index (χ2v) is 8.03. The minimum atomic E-state index is -1.10. The zero-order chi connectivity index (χ0) is 24.0. The number of amides is 2. The normalized spacial score (nSPS) is 13.9. The van der Waals surface area contributed by atoms with Crippen molar-refractivity contribution in [3.63, 3.8) is 0 Å². The number of ether oxygens (including phenoxy) is 1. The van der Waals surface area contributed by atoms with Crippen LogP contribution in [0.2, 0.25) is 0 Å². The Hall–Kier alpha value is -3.61. The highest BCUT2D eigenvalue weighted by Crippen LogP contribution is 2.44. The molecule has 2 unspecified atom stereocenters. The Balaban J connectivity index is 1.70. The molecule has 2 aromatic rings. The summed E-state index contributed by atoms with van der Waals surface area (Å²) in [4.78, 5) is 38.3. The molecule has 174 valence electrons. The summed E-state index contributed by atoms with van der Waals surface area (Å²) >= 11 is 0. The van der Waals surface area contributed by atoms with E-state index in [2.05, 4.69) is 24.0 Å². The van der Waals surface area contributed by atoms with Crippen molar-refractivity contribution in [2.45, 2.75) is 44.7 Å². The van der Waals surface area contributed by atoms with Crippen LogP contribution in [0.5, 0.6) is 0 Å². The molecule has 0 heterocycles. The van der Waals surface area contributed by atoms with E-state index < -0.39 is 30.1 Å². The highest BCUT2D eigenvalue weighted by atomic mass is 16.5. The van der Waals surface area contributed by atoms with Gasteiger partial charge in [0, 0.05) is 12.5 Å². The standard InChI is InChI=1S/C26H30N2O5/c1-4-6-15-23(24(29)28(5-2)17(3)25(30)31)27-26(32)33-16-22-20-13-9-7-11-18(20)19-12-8-10-14-21(19)22/h4,7-14,17,22-23H,1,5-6,15-16H2,2-3H3,(H,27,32)(H,30,31). The number of rotatable bonds is 10. The Bertz CT molecular complexity index is 989. The topological polar surface area (TPSA) is 95.9 Å². The first-order valence-corrected chi connectivity index (χ1v) is 11.1.